The summed E-state index contributed by atoms with van der Waals surface area (Å²) >= 11 is 0. The molecule has 0 spiro atoms. The first kappa shape index (κ1) is 5.10. The van der Waals surface area contributed by atoms with Gasteiger partial charge in [-0.15, -0.1) is 0 Å². The summed E-state index contributed by atoms with van der Waals surface area (Å²) in [5, 5.41) is 0. The Morgan fingerprint density at radius 3 is 2.14 bits per heavy atom. The van der Waals surface area contributed by atoms with Crippen molar-refractivity contribution < 1.29 is 0 Å². The highest BCUT2D eigenvalue weighted by molar-refractivity contribution is 4.99. The Kier molecular flexibility index (Phi) is 0.890. The lowest BCUT2D eigenvalue weighted by Crippen LogP contribution is -2.07. The van der Waals surface area contributed by atoms with Crippen LogP contribution in [-0.2, 0) is 0 Å². The molecule has 1 aliphatic rings. The molecule has 1 saturated heterocycles. The Labute approximate surface area is 45.3 Å². The second kappa shape index (κ2) is 1.22. The van der Waals surface area contributed by atoms with Gasteiger partial charge < -0.3 is 0 Å². The van der Waals surface area contributed by atoms with Gasteiger partial charge in [-0.25, -0.2) is 0 Å². The fraction of sp³-hybridized carbons (Fsp3) is 1.00. The van der Waals surface area contributed by atoms with E-state index in [9.17, 15) is 0 Å². The van der Waals surface area contributed by atoms with Gasteiger partial charge in [-0.1, -0.05) is 6.92 Å². The smallest absolute Gasteiger partial charge is 0.0303 e. The Bertz CT molecular complexity index is 76.2. The first-order chi connectivity index (χ1) is 3.19. The van der Waals surface area contributed by atoms with E-state index < -0.39 is 0 Å². The third-order valence-corrected chi connectivity index (χ3v) is 2.16. The van der Waals surface area contributed by atoms with Crippen molar-refractivity contribution in [1.82, 2.24) is 4.90 Å². The van der Waals surface area contributed by atoms with Gasteiger partial charge in [0, 0.05) is 12.1 Å². The van der Waals surface area contributed by atoms with E-state index in [1.165, 1.54) is 13.0 Å². The van der Waals surface area contributed by atoms with Crippen LogP contribution in [0.2, 0.25) is 0 Å². The number of hydrogen-bond donors (Lipinski definition) is 0. The molecule has 7 heavy (non-hydrogen) atoms. The van der Waals surface area contributed by atoms with Gasteiger partial charge in [0.15, 0.2) is 0 Å². The van der Waals surface area contributed by atoms with Crippen LogP contribution in [0.4, 0.5) is 0 Å². The largest absolute Gasteiger partial charge is 0.298 e. The average Bonchev–Trinajstić information content (AvgIpc) is 2.18. The zero-order valence-corrected chi connectivity index (χ0v) is 5.36. The third kappa shape index (κ3) is 0.653. The van der Waals surface area contributed by atoms with Crippen LogP contribution in [0.15, 0.2) is 0 Å². The minimum Gasteiger partial charge on any atom is -0.298 e. The normalized spacial score (nSPS) is 49.3. The number of likely N-dealkylation sites (N-methyl/N-ethyl adjacent to an activating group) is 1. The van der Waals surface area contributed by atoms with Crippen LogP contribution in [-0.4, -0.2) is 24.0 Å². The fourth-order valence-corrected chi connectivity index (χ4v) is 0.857. The molecule has 0 radical (unpaired) electrons. The molecule has 1 aliphatic heterocycles. The van der Waals surface area contributed by atoms with Crippen molar-refractivity contribution in [2.45, 2.75) is 25.8 Å². The quantitative estimate of drug-likeness (QED) is 0.445. The first-order valence-corrected chi connectivity index (χ1v) is 2.90. The van der Waals surface area contributed by atoms with Gasteiger partial charge >= 0.3 is 0 Å². The van der Waals surface area contributed by atoms with E-state index in [1.807, 2.05) is 0 Å². The summed E-state index contributed by atoms with van der Waals surface area (Å²) in [6.07, 6.45) is 1.30. The molecular formula is C6H13N. The van der Waals surface area contributed by atoms with Crippen LogP contribution in [0.5, 0.6) is 0 Å². The highest BCUT2D eigenvalue weighted by Crippen LogP contribution is 2.31. The molecule has 0 aromatic carbocycles. The number of rotatable bonds is 1. The predicted molar refractivity (Wildman–Crippen MR) is 31.3 cm³/mol. The predicted octanol–water partition coefficient (Wildman–Crippen LogP) is 1.10. The van der Waals surface area contributed by atoms with E-state index in [0.29, 0.717) is 5.54 Å². The van der Waals surface area contributed by atoms with E-state index >= 15 is 0 Å². The van der Waals surface area contributed by atoms with Crippen molar-refractivity contribution in [2.75, 3.05) is 13.6 Å². The van der Waals surface area contributed by atoms with Gasteiger partial charge in [0.2, 0.25) is 0 Å². The lowest BCUT2D eigenvalue weighted by molar-refractivity contribution is 0.483. The molecule has 1 heterocycles. The average molecular weight is 99.2 g/mol. The molecule has 0 saturated carbocycles. The molecule has 0 aromatic heterocycles. The minimum absolute atomic E-state index is 0.583. The second-order valence-electron chi connectivity index (χ2n) is 2.71. The van der Waals surface area contributed by atoms with Gasteiger partial charge in [-0.05, 0) is 20.4 Å². The van der Waals surface area contributed by atoms with Crippen LogP contribution in [0.25, 0.3) is 0 Å². The SMILES string of the molecule is CCC1(C)CN1C. The highest BCUT2D eigenvalue weighted by Gasteiger charge is 2.41. The topological polar surface area (TPSA) is 3.01 Å². The monoisotopic (exact) mass is 99.1 g/mol. The van der Waals surface area contributed by atoms with Gasteiger partial charge in [0.05, 0.1) is 0 Å². The van der Waals surface area contributed by atoms with E-state index in [1.54, 1.807) is 0 Å². The van der Waals surface area contributed by atoms with Gasteiger partial charge in [0.1, 0.15) is 0 Å². The molecule has 42 valence electrons. The van der Waals surface area contributed by atoms with Crippen molar-refractivity contribution in [3.63, 3.8) is 0 Å². The molecule has 1 heteroatoms. The lowest BCUT2D eigenvalue weighted by atomic mass is 10.1. The summed E-state index contributed by atoms with van der Waals surface area (Å²) in [6, 6.07) is 0. The van der Waals surface area contributed by atoms with Crippen molar-refractivity contribution in [3.8, 4) is 0 Å². The Balaban J connectivity index is 2.36. The first-order valence-electron chi connectivity index (χ1n) is 2.90. The zero-order valence-electron chi connectivity index (χ0n) is 5.36. The fourth-order valence-electron chi connectivity index (χ4n) is 0.857. The molecular weight excluding hydrogens is 86.1 g/mol. The Morgan fingerprint density at radius 2 is 2.14 bits per heavy atom. The van der Waals surface area contributed by atoms with Crippen molar-refractivity contribution in [1.29, 1.82) is 0 Å². The molecule has 0 bridgehead atoms. The summed E-state index contributed by atoms with van der Waals surface area (Å²) in [5.41, 5.74) is 0.583. The summed E-state index contributed by atoms with van der Waals surface area (Å²) in [7, 11) is 2.17. The maximum atomic E-state index is 2.37. The highest BCUT2D eigenvalue weighted by atomic mass is 15.3. The molecule has 2 atom stereocenters. The van der Waals surface area contributed by atoms with Crippen molar-refractivity contribution in [3.05, 3.63) is 0 Å². The second-order valence-corrected chi connectivity index (χ2v) is 2.71. The molecule has 0 aromatic rings. The molecule has 1 nitrogen and oxygen atoms in total. The van der Waals surface area contributed by atoms with Crippen LogP contribution >= 0.6 is 0 Å². The molecule has 0 N–H and O–H groups in total. The van der Waals surface area contributed by atoms with Crippen molar-refractivity contribution >= 4 is 0 Å². The van der Waals surface area contributed by atoms with E-state index in [2.05, 4.69) is 25.8 Å². The maximum Gasteiger partial charge on any atom is 0.0303 e. The molecule has 0 amide bonds. The molecule has 0 aliphatic carbocycles. The van der Waals surface area contributed by atoms with Crippen LogP contribution < -0.4 is 0 Å². The number of nitrogens with zero attached hydrogens (tertiary/aromatic N) is 1. The van der Waals surface area contributed by atoms with Gasteiger partial charge in [0.25, 0.3) is 0 Å². The minimum atomic E-state index is 0.583. The number of hydrogen-bond acceptors (Lipinski definition) is 1. The summed E-state index contributed by atoms with van der Waals surface area (Å²) in [5.74, 6) is 0. The Morgan fingerprint density at radius 1 is 1.71 bits per heavy atom. The summed E-state index contributed by atoms with van der Waals surface area (Å²) in [4.78, 5) is 2.37. The van der Waals surface area contributed by atoms with E-state index in [4.69, 9.17) is 0 Å². The van der Waals surface area contributed by atoms with E-state index in [0.717, 1.165) is 0 Å². The van der Waals surface area contributed by atoms with Gasteiger partial charge in [-0.2, -0.15) is 0 Å². The molecule has 2 unspecified atom stereocenters. The summed E-state index contributed by atoms with van der Waals surface area (Å²) in [6.45, 7) is 5.83. The molecule has 1 rings (SSSR count). The van der Waals surface area contributed by atoms with Crippen LogP contribution in [0, 0.1) is 0 Å². The van der Waals surface area contributed by atoms with E-state index in [-0.39, 0.29) is 0 Å². The van der Waals surface area contributed by atoms with Crippen LogP contribution in [0.1, 0.15) is 20.3 Å². The zero-order chi connectivity index (χ0) is 5.49. The lowest BCUT2D eigenvalue weighted by Gasteiger charge is -2.01. The standard InChI is InChI=1S/C6H13N/c1-4-6(2)5-7(6)3/h4-5H2,1-3H3. The summed E-state index contributed by atoms with van der Waals surface area (Å²) < 4.78 is 0. The third-order valence-electron chi connectivity index (χ3n) is 2.16. The maximum absolute atomic E-state index is 2.37. The van der Waals surface area contributed by atoms with Crippen LogP contribution in [0.3, 0.4) is 0 Å². The van der Waals surface area contributed by atoms with Crippen molar-refractivity contribution in [2.24, 2.45) is 0 Å². The van der Waals surface area contributed by atoms with Gasteiger partial charge in [-0.3, -0.25) is 4.90 Å². The Hall–Kier alpha value is -0.0400. The molecule has 1 fully saturated rings.